The van der Waals surface area contributed by atoms with Gasteiger partial charge in [0.15, 0.2) is 6.29 Å². The number of esters is 2. The van der Waals surface area contributed by atoms with E-state index in [9.17, 15) is 14.4 Å². The SMILES string of the molecule is CCCOC(=O)COCC(=O)Oc1ccccc1C=O. The van der Waals surface area contributed by atoms with Crippen LogP contribution in [0.3, 0.4) is 0 Å². The van der Waals surface area contributed by atoms with E-state index in [1.54, 1.807) is 12.1 Å². The summed E-state index contributed by atoms with van der Waals surface area (Å²) < 4.78 is 14.6. The van der Waals surface area contributed by atoms with E-state index in [0.29, 0.717) is 12.9 Å². The summed E-state index contributed by atoms with van der Waals surface area (Å²) in [5.74, 6) is -1.07. The summed E-state index contributed by atoms with van der Waals surface area (Å²) in [6.07, 6.45) is 1.31. The molecule has 1 rings (SSSR count). The summed E-state index contributed by atoms with van der Waals surface area (Å²) in [5.41, 5.74) is 0.267. The Bertz CT molecular complexity index is 468. The van der Waals surface area contributed by atoms with Crippen LogP contribution in [-0.4, -0.2) is 38.0 Å². The van der Waals surface area contributed by atoms with Gasteiger partial charge in [0.1, 0.15) is 19.0 Å². The Morgan fingerprint density at radius 2 is 1.85 bits per heavy atom. The Labute approximate surface area is 116 Å². The van der Waals surface area contributed by atoms with Crippen molar-refractivity contribution in [3.63, 3.8) is 0 Å². The van der Waals surface area contributed by atoms with Crippen molar-refractivity contribution in [2.75, 3.05) is 19.8 Å². The Hall–Kier alpha value is -2.21. The summed E-state index contributed by atoms with van der Waals surface area (Å²) in [6.45, 7) is 1.48. The van der Waals surface area contributed by atoms with Crippen molar-refractivity contribution in [2.24, 2.45) is 0 Å². The third-order valence-corrected chi connectivity index (χ3v) is 2.18. The van der Waals surface area contributed by atoms with Gasteiger partial charge in [0, 0.05) is 0 Å². The van der Waals surface area contributed by atoms with Gasteiger partial charge in [0.2, 0.25) is 0 Å². The number of hydrogen-bond donors (Lipinski definition) is 0. The Balaban J connectivity index is 2.33. The fraction of sp³-hybridized carbons (Fsp3) is 0.357. The van der Waals surface area contributed by atoms with Crippen LogP contribution in [0.2, 0.25) is 0 Å². The molecule has 108 valence electrons. The van der Waals surface area contributed by atoms with Gasteiger partial charge in [-0.1, -0.05) is 19.1 Å². The summed E-state index contributed by atoms with van der Waals surface area (Å²) in [5, 5.41) is 0. The minimum atomic E-state index is -0.692. The van der Waals surface area contributed by atoms with Gasteiger partial charge in [-0.05, 0) is 18.6 Å². The first-order chi connectivity index (χ1) is 9.67. The van der Waals surface area contributed by atoms with Gasteiger partial charge in [0.05, 0.1) is 12.2 Å². The highest BCUT2D eigenvalue weighted by Gasteiger charge is 2.10. The molecule has 6 heteroatoms. The maximum Gasteiger partial charge on any atom is 0.337 e. The molecule has 0 bridgehead atoms. The van der Waals surface area contributed by atoms with Gasteiger partial charge in [-0.2, -0.15) is 0 Å². The van der Waals surface area contributed by atoms with Crippen LogP contribution < -0.4 is 4.74 Å². The predicted octanol–water partition coefficient (Wildman–Crippen LogP) is 1.37. The molecule has 0 aliphatic rings. The first-order valence-electron chi connectivity index (χ1n) is 6.15. The van der Waals surface area contributed by atoms with Crippen LogP contribution in [0.4, 0.5) is 0 Å². The van der Waals surface area contributed by atoms with Crippen molar-refractivity contribution in [2.45, 2.75) is 13.3 Å². The second-order valence-corrected chi connectivity index (χ2v) is 3.84. The van der Waals surface area contributed by atoms with Crippen molar-refractivity contribution >= 4 is 18.2 Å². The molecule has 0 fully saturated rings. The second-order valence-electron chi connectivity index (χ2n) is 3.84. The smallest absolute Gasteiger partial charge is 0.337 e. The zero-order chi connectivity index (χ0) is 14.8. The summed E-state index contributed by atoms with van der Waals surface area (Å²) >= 11 is 0. The maximum absolute atomic E-state index is 11.5. The highest BCUT2D eigenvalue weighted by molar-refractivity contribution is 5.82. The topological polar surface area (TPSA) is 78.9 Å². The van der Waals surface area contributed by atoms with Crippen LogP contribution in [0, 0.1) is 0 Å². The third kappa shape index (κ3) is 5.62. The fourth-order valence-electron chi connectivity index (χ4n) is 1.30. The van der Waals surface area contributed by atoms with Crippen LogP contribution >= 0.6 is 0 Å². The molecule has 0 spiro atoms. The molecule has 6 nitrogen and oxygen atoms in total. The first-order valence-corrected chi connectivity index (χ1v) is 6.15. The second kappa shape index (κ2) is 8.82. The lowest BCUT2D eigenvalue weighted by atomic mass is 10.2. The molecule has 0 aliphatic carbocycles. The zero-order valence-corrected chi connectivity index (χ0v) is 11.2. The molecule has 0 N–H and O–H groups in total. The van der Waals surface area contributed by atoms with Crippen LogP contribution in [-0.2, 0) is 19.1 Å². The highest BCUT2D eigenvalue weighted by atomic mass is 16.6. The standard InChI is InChI=1S/C14H16O6/c1-2-7-19-13(16)9-18-10-14(17)20-12-6-4-3-5-11(12)8-15/h3-6,8H,2,7,9-10H2,1H3. The van der Waals surface area contributed by atoms with Crippen LogP contribution in [0.1, 0.15) is 23.7 Å². The van der Waals surface area contributed by atoms with E-state index in [-0.39, 0.29) is 17.9 Å². The molecule has 0 saturated heterocycles. The number of ether oxygens (including phenoxy) is 3. The average molecular weight is 280 g/mol. The summed E-state index contributed by atoms with van der Waals surface area (Å²) in [7, 11) is 0. The van der Waals surface area contributed by atoms with E-state index >= 15 is 0 Å². The number of para-hydroxylation sites is 1. The predicted molar refractivity (Wildman–Crippen MR) is 69.5 cm³/mol. The summed E-state index contributed by atoms with van der Waals surface area (Å²) in [6, 6.07) is 6.32. The number of aldehydes is 1. The normalized spacial score (nSPS) is 9.85. The lowest BCUT2D eigenvalue weighted by Crippen LogP contribution is -2.20. The quantitative estimate of drug-likeness (QED) is 0.406. The summed E-state index contributed by atoms with van der Waals surface area (Å²) in [4.78, 5) is 33.3. The Morgan fingerprint density at radius 1 is 1.15 bits per heavy atom. The number of hydrogen-bond acceptors (Lipinski definition) is 6. The molecule has 0 radical (unpaired) electrons. The number of carbonyl (C=O) groups excluding carboxylic acids is 3. The molecular formula is C14H16O6. The first kappa shape index (κ1) is 15.8. The van der Waals surface area contributed by atoms with Crippen molar-refractivity contribution in [1.82, 2.24) is 0 Å². The molecule has 0 amide bonds. The molecule has 0 saturated carbocycles. The Morgan fingerprint density at radius 3 is 2.55 bits per heavy atom. The van der Waals surface area contributed by atoms with Gasteiger partial charge in [-0.15, -0.1) is 0 Å². The fourth-order valence-corrected chi connectivity index (χ4v) is 1.30. The van der Waals surface area contributed by atoms with Gasteiger partial charge >= 0.3 is 11.9 Å². The molecule has 0 atom stereocenters. The minimum absolute atomic E-state index is 0.157. The van der Waals surface area contributed by atoms with Crippen LogP contribution in [0.25, 0.3) is 0 Å². The zero-order valence-electron chi connectivity index (χ0n) is 11.2. The van der Waals surface area contributed by atoms with Gasteiger partial charge in [-0.3, -0.25) is 4.79 Å². The van der Waals surface area contributed by atoms with E-state index in [1.165, 1.54) is 12.1 Å². The van der Waals surface area contributed by atoms with Gasteiger partial charge in [-0.25, -0.2) is 9.59 Å². The van der Waals surface area contributed by atoms with Crippen molar-refractivity contribution in [1.29, 1.82) is 0 Å². The number of carbonyl (C=O) groups is 3. The van der Waals surface area contributed by atoms with Crippen LogP contribution in [0.5, 0.6) is 5.75 Å². The Kier molecular flexibility index (Phi) is 6.99. The van der Waals surface area contributed by atoms with Crippen molar-refractivity contribution in [3.05, 3.63) is 29.8 Å². The minimum Gasteiger partial charge on any atom is -0.464 e. The average Bonchev–Trinajstić information content (AvgIpc) is 2.45. The molecule has 0 unspecified atom stereocenters. The molecule has 0 aliphatic heterocycles. The van der Waals surface area contributed by atoms with E-state index in [2.05, 4.69) is 0 Å². The highest BCUT2D eigenvalue weighted by Crippen LogP contribution is 2.15. The lowest BCUT2D eigenvalue weighted by Gasteiger charge is -2.07. The molecule has 0 aromatic heterocycles. The van der Waals surface area contributed by atoms with Gasteiger partial charge in [0.25, 0.3) is 0 Å². The largest absolute Gasteiger partial charge is 0.464 e. The van der Waals surface area contributed by atoms with E-state index in [1.807, 2.05) is 6.92 Å². The number of benzene rings is 1. The lowest BCUT2D eigenvalue weighted by molar-refractivity contribution is -0.151. The van der Waals surface area contributed by atoms with Crippen molar-refractivity contribution < 1.29 is 28.6 Å². The third-order valence-electron chi connectivity index (χ3n) is 2.18. The maximum atomic E-state index is 11.5. The molecule has 0 heterocycles. The van der Waals surface area contributed by atoms with E-state index in [4.69, 9.17) is 14.2 Å². The molecular weight excluding hydrogens is 264 g/mol. The monoisotopic (exact) mass is 280 g/mol. The molecule has 20 heavy (non-hydrogen) atoms. The van der Waals surface area contributed by atoms with E-state index < -0.39 is 18.5 Å². The molecule has 1 aromatic rings. The number of rotatable bonds is 8. The molecule has 1 aromatic carbocycles. The van der Waals surface area contributed by atoms with Crippen LogP contribution in [0.15, 0.2) is 24.3 Å². The van der Waals surface area contributed by atoms with E-state index in [0.717, 1.165) is 6.42 Å². The van der Waals surface area contributed by atoms with Crippen molar-refractivity contribution in [3.8, 4) is 5.75 Å². The van der Waals surface area contributed by atoms with Gasteiger partial charge < -0.3 is 14.2 Å².